The minimum atomic E-state index is 0.593. The van der Waals surface area contributed by atoms with Crippen molar-refractivity contribution in [1.82, 2.24) is 0 Å². The molecule has 3 heteroatoms. The lowest BCUT2D eigenvalue weighted by Crippen LogP contribution is -2.37. The molecule has 1 aromatic rings. The summed E-state index contributed by atoms with van der Waals surface area (Å²) >= 11 is 6.16. The Morgan fingerprint density at radius 1 is 1.32 bits per heavy atom. The zero-order chi connectivity index (χ0) is 13.8. The topological polar surface area (TPSA) is 20.3 Å². The van der Waals surface area contributed by atoms with Gasteiger partial charge in [-0.15, -0.1) is 0 Å². The average molecular weight is 280 g/mol. The van der Waals surface area contributed by atoms with Crippen molar-refractivity contribution in [3.05, 3.63) is 28.3 Å². The van der Waals surface area contributed by atoms with E-state index in [1.807, 2.05) is 13.0 Å². The Bertz CT molecular complexity index is 452. The minimum Gasteiger partial charge on any atom is -0.369 e. The molecule has 0 aromatic heterocycles. The molecule has 0 saturated heterocycles. The van der Waals surface area contributed by atoms with E-state index in [4.69, 9.17) is 11.6 Å². The van der Waals surface area contributed by atoms with Gasteiger partial charge in [0.2, 0.25) is 0 Å². The predicted molar refractivity (Wildman–Crippen MR) is 81.5 cm³/mol. The molecule has 2 nitrogen and oxygen atoms in total. The maximum atomic E-state index is 11.1. The zero-order valence-corrected chi connectivity index (χ0v) is 12.5. The number of rotatable bonds is 4. The number of hydrogen-bond donors (Lipinski definition) is 0. The van der Waals surface area contributed by atoms with Crippen LogP contribution in [0, 0.1) is 6.92 Å². The van der Waals surface area contributed by atoms with Crippen molar-refractivity contribution in [1.29, 1.82) is 0 Å². The first-order valence-electron chi connectivity index (χ1n) is 7.19. The molecule has 0 bridgehead atoms. The smallest absolute Gasteiger partial charge is 0.150 e. The molecule has 0 unspecified atom stereocenters. The molecule has 1 aliphatic rings. The molecule has 1 saturated carbocycles. The van der Waals surface area contributed by atoms with E-state index in [1.54, 1.807) is 6.07 Å². The van der Waals surface area contributed by atoms with Crippen LogP contribution in [0.2, 0.25) is 5.02 Å². The number of aldehydes is 1. The average Bonchev–Trinajstić information content (AvgIpc) is 2.44. The standard InChI is InChI=1S/C16H22ClNO/c1-3-18(15-7-5-4-6-8-15)16-10-14(17)9-13(11-19)12(16)2/h9-11,15H,3-8H2,1-2H3. The van der Waals surface area contributed by atoms with Gasteiger partial charge in [-0.25, -0.2) is 0 Å². The van der Waals surface area contributed by atoms with Gasteiger partial charge in [-0.3, -0.25) is 4.79 Å². The third-order valence-electron chi connectivity index (χ3n) is 4.18. The first kappa shape index (κ1) is 14.4. The van der Waals surface area contributed by atoms with E-state index in [-0.39, 0.29) is 0 Å². The summed E-state index contributed by atoms with van der Waals surface area (Å²) in [4.78, 5) is 13.6. The highest BCUT2D eigenvalue weighted by atomic mass is 35.5. The summed E-state index contributed by atoms with van der Waals surface area (Å²) < 4.78 is 0. The summed E-state index contributed by atoms with van der Waals surface area (Å²) in [5.41, 5.74) is 2.88. The Balaban J connectivity index is 2.36. The molecular formula is C16H22ClNO. The van der Waals surface area contributed by atoms with Crippen molar-refractivity contribution in [2.24, 2.45) is 0 Å². The number of halogens is 1. The molecule has 0 N–H and O–H groups in total. The summed E-state index contributed by atoms with van der Waals surface area (Å²) in [6.07, 6.45) is 7.36. The second-order valence-electron chi connectivity index (χ2n) is 5.33. The van der Waals surface area contributed by atoms with Gasteiger partial charge in [0.15, 0.2) is 0 Å². The van der Waals surface area contributed by atoms with Crippen molar-refractivity contribution in [3.63, 3.8) is 0 Å². The van der Waals surface area contributed by atoms with E-state index >= 15 is 0 Å². The Morgan fingerprint density at radius 3 is 2.58 bits per heavy atom. The Kier molecular flexibility index (Phi) is 4.87. The molecule has 1 fully saturated rings. The SMILES string of the molecule is CCN(c1cc(Cl)cc(C=O)c1C)C1CCCCC1. The maximum absolute atomic E-state index is 11.1. The highest BCUT2D eigenvalue weighted by Crippen LogP contribution is 2.32. The summed E-state index contributed by atoms with van der Waals surface area (Å²) in [5.74, 6) is 0. The Morgan fingerprint density at radius 2 is 2.00 bits per heavy atom. The second kappa shape index (κ2) is 6.42. The molecule has 2 rings (SSSR count). The van der Waals surface area contributed by atoms with Gasteiger partial charge in [0.05, 0.1) is 0 Å². The van der Waals surface area contributed by atoms with Crippen molar-refractivity contribution in [2.75, 3.05) is 11.4 Å². The first-order valence-corrected chi connectivity index (χ1v) is 7.57. The lowest BCUT2D eigenvalue weighted by atomic mass is 9.93. The molecule has 1 aliphatic carbocycles. The van der Waals surface area contributed by atoms with Gasteiger partial charge >= 0.3 is 0 Å². The van der Waals surface area contributed by atoms with Gasteiger partial charge in [0.25, 0.3) is 0 Å². The summed E-state index contributed by atoms with van der Waals surface area (Å²) in [7, 11) is 0. The molecule has 0 aliphatic heterocycles. The molecule has 0 spiro atoms. The molecule has 0 heterocycles. The fraction of sp³-hybridized carbons (Fsp3) is 0.562. The van der Waals surface area contributed by atoms with Crippen molar-refractivity contribution in [3.8, 4) is 0 Å². The zero-order valence-electron chi connectivity index (χ0n) is 11.8. The van der Waals surface area contributed by atoms with Crippen LogP contribution in [0.5, 0.6) is 0 Å². The van der Waals surface area contributed by atoms with E-state index in [2.05, 4.69) is 11.8 Å². The van der Waals surface area contributed by atoms with Crippen LogP contribution in [0.1, 0.15) is 54.9 Å². The number of benzene rings is 1. The van der Waals surface area contributed by atoms with Crippen LogP contribution < -0.4 is 4.90 Å². The second-order valence-corrected chi connectivity index (χ2v) is 5.77. The highest BCUT2D eigenvalue weighted by Gasteiger charge is 2.22. The largest absolute Gasteiger partial charge is 0.369 e. The van der Waals surface area contributed by atoms with Crippen LogP contribution in [0.3, 0.4) is 0 Å². The van der Waals surface area contributed by atoms with Crippen LogP contribution in [0.15, 0.2) is 12.1 Å². The van der Waals surface area contributed by atoms with Gasteiger partial charge < -0.3 is 4.90 Å². The quantitative estimate of drug-likeness (QED) is 0.750. The summed E-state index contributed by atoms with van der Waals surface area (Å²) in [6.45, 7) is 5.15. The molecule has 1 aromatic carbocycles. The lowest BCUT2D eigenvalue weighted by Gasteiger charge is -2.36. The third kappa shape index (κ3) is 3.11. The van der Waals surface area contributed by atoms with Gasteiger partial charge in [0.1, 0.15) is 6.29 Å². The van der Waals surface area contributed by atoms with E-state index in [0.29, 0.717) is 16.6 Å². The van der Waals surface area contributed by atoms with Crippen molar-refractivity contribution in [2.45, 2.75) is 52.0 Å². The number of carbonyl (C=O) groups is 1. The minimum absolute atomic E-state index is 0.593. The van der Waals surface area contributed by atoms with Crippen LogP contribution in [-0.2, 0) is 0 Å². The van der Waals surface area contributed by atoms with Gasteiger partial charge in [0, 0.05) is 28.9 Å². The monoisotopic (exact) mass is 279 g/mol. The van der Waals surface area contributed by atoms with Crippen molar-refractivity contribution < 1.29 is 4.79 Å². The fourth-order valence-corrected chi connectivity index (χ4v) is 3.34. The highest BCUT2D eigenvalue weighted by molar-refractivity contribution is 6.31. The summed E-state index contributed by atoms with van der Waals surface area (Å²) in [5, 5.41) is 0.650. The normalized spacial score (nSPS) is 16.4. The number of anilines is 1. The Labute approximate surface area is 120 Å². The van der Waals surface area contributed by atoms with E-state index in [9.17, 15) is 4.79 Å². The number of carbonyl (C=O) groups excluding carboxylic acids is 1. The molecule has 0 atom stereocenters. The molecule has 19 heavy (non-hydrogen) atoms. The van der Waals surface area contributed by atoms with Crippen LogP contribution in [-0.4, -0.2) is 18.9 Å². The van der Waals surface area contributed by atoms with E-state index in [1.165, 1.54) is 32.1 Å². The van der Waals surface area contributed by atoms with Gasteiger partial charge in [-0.05, 0) is 44.4 Å². The van der Waals surface area contributed by atoms with Crippen LogP contribution >= 0.6 is 11.6 Å². The first-order chi connectivity index (χ1) is 9.17. The lowest BCUT2D eigenvalue weighted by molar-refractivity contribution is 0.112. The molecule has 0 radical (unpaired) electrons. The van der Waals surface area contributed by atoms with Gasteiger partial charge in [-0.1, -0.05) is 30.9 Å². The van der Waals surface area contributed by atoms with Crippen molar-refractivity contribution >= 4 is 23.6 Å². The fourth-order valence-electron chi connectivity index (χ4n) is 3.12. The van der Waals surface area contributed by atoms with Crippen LogP contribution in [0.25, 0.3) is 0 Å². The van der Waals surface area contributed by atoms with Gasteiger partial charge in [-0.2, -0.15) is 0 Å². The number of nitrogens with zero attached hydrogens (tertiary/aromatic N) is 1. The maximum Gasteiger partial charge on any atom is 0.150 e. The third-order valence-corrected chi connectivity index (χ3v) is 4.40. The summed E-state index contributed by atoms with van der Waals surface area (Å²) in [6, 6.07) is 4.35. The molecule has 104 valence electrons. The molecular weight excluding hydrogens is 258 g/mol. The van der Waals surface area contributed by atoms with Crippen LogP contribution in [0.4, 0.5) is 5.69 Å². The predicted octanol–water partition coefficient (Wildman–Crippen LogP) is 4.62. The number of hydrogen-bond acceptors (Lipinski definition) is 2. The molecule has 0 amide bonds. The van der Waals surface area contributed by atoms with E-state index < -0.39 is 0 Å². The Hall–Kier alpha value is -1.02. The van der Waals surface area contributed by atoms with E-state index in [0.717, 1.165) is 24.1 Å².